The Morgan fingerprint density at radius 1 is 0.333 bits per heavy atom. The topological polar surface area (TPSA) is 356 Å². The van der Waals surface area contributed by atoms with E-state index in [9.17, 15) is 0 Å². The van der Waals surface area contributed by atoms with Gasteiger partial charge in [-0.3, -0.25) is 0 Å². The van der Waals surface area contributed by atoms with Crippen molar-refractivity contribution in [2.24, 2.45) is 0 Å². The maximum absolute atomic E-state index is 8.93. The fourth-order valence-corrected chi connectivity index (χ4v) is 0. The number of hydrogen-bond acceptors (Lipinski definition) is 16. The Labute approximate surface area is 201 Å². The zero-order valence-corrected chi connectivity index (χ0v) is 18.4. The van der Waals surface area contributed by atoms with E-state index in [4.69, 9.17) is 79.2 Å². The standard InChI is InChI=1S/4C2H2O4.Ba.H4O.Ti/c4*3-1(4)2(5)6;;;/h4*(H,3,4)(H,5,6);;1H4;/q;;;;2*+2;+4/p-8. The second-order valence-corrected chi connectivity index (χ2v) is 2.30. The van der Waals surface area contributed by atoms with Crippen LogP contribution < -0.4 is 40.9 Å². The molecule has 19 heteroatoms. The Kier molecular flexibility index (Phi) is 43.2. The molecule has 0 saturated carbocycles. The summed E-state index contributed by atoms with van der Waals surface area (Å²) in [5.41, 5.74) is 0. The summed E-state index contributed by atoms with van der Waals surface area (Å²) in [6.07, 6.45) is 0. The number of aliphatic carboxylic acids is 8. The Hall–Kier alpha value is -1.99. The summed E-state index contributed by atoms with van der Waals surface area (Å²) in [5, 5.41) is 71.4. The minimum Gasteiger partial charge on any atom is -0.873 e. The van der Waals surface area contributed by atoms with E-state index in [0.717, 1.165) is 0 Å². The molecule has 0 aromatic carbocycles. The maximum atomic E-state index is 8.93. The molecule has 0 aliphatic heterocycles. The average molecular weight is 557 g/mol. The second-order valence-electron chi connectivity index (χ2n) is 2.30. The van der Waals surface area contributed by atoms with Gasteiger partial charge in [0, 0.05) is 0 Å². The zero-order valence-electron chi connectivity index (χ0n) is 12.4. The minimum atomic E-state index is -2.19. The summed E-state index contributed by atoms with van der Waals surface area (Å²) in [7, 11) is 0. The van der Waals surface area contributed by atoms with Crippen LogP contribution in [-0.4, -0.2) is 96.6 Å². The molecule has 0 bridgehead atoms. The van der Waals surface area contributed by atoms with Crippen molar-refractivity contribution in [3.63, 3.8) is 0 Å². The quantitative estimate of drug-likeness (QED) is 0.197. The largest absolute Gasteiger partial charge is 4.00 e. The number of hydrogen-bond donors (Lipinski definition) is 0. The average Bonchev–Trinajstić information content (AvgIpc) is 2.40. The van der Waals surface area contributed by atoms with Crippen LogP contribution in [0, 0.1) is 0 Å². The molecule has 144 valence electrons. The van der Waals surface area contributed by atoms with Gasteiger partial charge >= 0.3 is 70.6 Å². The summed E-state index contributed by atoms with van der Waals surface area (Å²) in [6, 6.07) is 0. The summed E-state index contributed by atoms with van der Waals surface area (Å²) in [5.74, 6) is -17.5. The summed E-state index contributed by atoms with van der Waals surface area (Å²) < 4.78 is 0. The third kappa shape index (κ3) is 59.3. The van der Waals surface area contributed by atoms with Crippen molar-refractivity contribution in [1.29, 1.82) is 0 Å². The Morgan fingerprint density at radius 3 is 0.370 bits per heavy atom. The molecule has 27 heavy (non-hydrogen) atoms. The maximum Gasteiger partial charge on any atom is 4.00 e. The Balaban J connectivity index is -0.0000000381. The smallest absolute Gasteiger partial charge is 0.873 e. The van der Waals surface area contributed by atoms with Crippen LogP contribution in [0.3, 0.4) is 0 Å². The molecule has 0 saturated heterocycles. The minimum absolute atomic E-state index is 0. The SMILES string of the molecule is O=C([O-])C(=O)[O-].O=C([O-])C(=O)[O-].O=C([O-])C(=O)[O-].O=C([O-])C(=O)[O-].[Ba+2].[OH4+2].[Ti+4]. The van der Waals surface area contributed by atoms with Crippen molar-refractivity contribution in [3.05, 3.63) is 0 Å². The normalized spacial score (nSPS) is 6.52. The van der Waals surface area contributed by atoms with Crippen LogP contribution >= 0.6 is 0 Å². The van der Waals surface area contributed by atoms with E-state index in [1.807, 2.05) is 0 Å². The van der Waals surface area contributed by atoms with Gasteiger partial charge in [0.15, 0.2) is 0 Å². The van der Waals surface area contributed by atoms with E-state index in [2.05, 4.69) is 0 Å². The van der Waals surface area contributed by atoms with Gasteiger partial charge in [-0.25, -0.2) is 0 Å². The fourth-order valence-electron chi connectivity index (χ4n) is 0. The molecule has 0 unspecified atom stereocenters. The van der Waals surface area contributed by atoms with Crippen LogP contribution in [0.5, 0.6) is 0 Å². The van der Waals surface area contributed by atoms with Crippen LogP contribution in [0.2, 0.25) is 0 Å². The van der Waals surface area contributed by atoms with E-state index in [1.54, 1.807) is 0 Å². The van der Waals surface area contributed by atoms with Crippen molar-refractivity contribution in [2.45, 2.75) is 0 Å². The van der Waals surface area contributed by atoms with Crippen LogP contribution in [0.1, 0.15) is 0 Å². The molecule has 0 rings (SSSR count). The first-order valence-corrected chi connectivity index (χ1v) is 4.27. The molecule has 0 fully saturated rings. The number of carbonyl (C=O) groups excluding carboxylic acids is 8. The van der Waals surface area contributed by atoms with E-state index in [1.165, 1.54) is 0 Å². The van der Waals surface area contributed by atoms with Crippen LogP contribution in [0.15, 0.2) is 0 Å². The molecule has 0 amide bonds. The van der Waals surface area contributed by atoms with Gasteiger partial charge in [-0.15, -0.1) is 0 Å². The monoisotopic (exact) mass is 558 g/mol. The first-order chi connectivity index (χ1) is 10.6. The molecule has 0 aliphatic rings. The third-order valence-electron chi connectivity index (χ3n) is 0.667. The zero-order chi connectivity index (χ0) is 20.6. The number of carboxylic acid groups (broad SMARTS) is 8. The Morgan fingerprint density at radius 2 is 0.370 bits per heavy atom. The first-order valence-electron chi connectivity index (χ1n) is 4.27. The fraction of sp³-hybridized carbons (Fsp3) is 0. The Bertz CT molecular complexity index is 395. The molecule has 0 spiro atoms. The first kappa shape index (κ1) is 44.4. The molecule has 0 aromatic heterocycles. The molecule has 0 radical (unpaired) electrons. The molecule has 17 nitrogen and oxygen atoms in total. The molecular formula is C8H4BaO17Ti. The second kappa shape index (κ2) is 26.2. The van der Waals surface area contributed by atoms with Gasteiger partial charge in [-0.2, -0.15) is 0 Å². The predicted octanol–water partition coefficient (Wildman–Crippen LogP) is -15.6. The molecular weight excluding hydrogens is 553 g/mol. The molecule has 4 N–H and O–H groups in total. The van der Waals surface area contributed by atoms with Crippen molar-refractivity contribution in [2.75, 3.05) is 0 Å². The summed E-state index contributed by atoms with van der Waals surface area (Å²) >= 11 is 0. The molecule has 0 aliphatic carbocycles. The van der Waals surface area contributed by atoms with Gasteiger partial charge in [0.2, 0.25) is 0 Å². The van der Waals surface area contributed by atoms with Crippen molar-refractivity contribution >= 4 is 96.6 Å². The number of rotatable bonds is 0. The van der Waals surface area contributed by atoms with Crippen LogP contribution in [0.25, 0.3) is 0 Å². The van der Waals surface area contributed by atoms with Crippen molar-refractivity contribution in [3.8, 4) is 0 Å². The third-order valence-corrected chi connectivity index (χ3v) is 0.667. The predicted molar refractivity (Wildman–Crippen MR) is 52.1 cm³/mol. The van der Waals surface area contributed by atoms with Crippen molar-refractivity contribution in [1.82, 2.24) is 0 Å². The molecule has 0 atom stereocenters. The van der Waals surface area contributed by atoms with Crippen molar-refractivity contribution < 1.29 is 106 Å². The van der Waals surface area contributed by atoms with Gasteiger partial charge in [0.05, 0.1) is 47.8 Å². The summed E-state index contributed by atoms with van der Waals surface area (Å²) in [4.78, 5) is 71.4. The van der Waals surface area contributed by atoms with Gasteiger partial charge in [0.25, 0.3) is 0 Å². The number of carbonyl (C=O) groups is 8. The van der Waals surface area contributed by atoms with E-state index < -0.39 is 47.8 Å². The number of carboxylic acids is 8. The van der Waals surface area contributed by atoms with Gasteiger partial charge in [0.1, 0.15) is 0 Å². The van der Waals surface area contributed by atoms with Gasteiger partial charge in [-0.1, -0.05) is 0 Å². The van der Waals surface area contributed by atoms with E-state index >= 15 is 0 Å². The van der Waals surface area contributed by atoms with Gasteiger partial charge < -0.3 is 84.7 Å². The van der Waals surface area contributed by atoms with Crippen LogP contribution in [-0.2, 0) is 65.6 Å². The molecule has 0 aromatic rings. The van der Waals surface area contributed by atoms with Gasteiger partial charge in [-0.05, 0) is 0 Å². The van der Waals surface area contributed by atoms with Crippen LogP contribution in [0.4, 0.5) is 0 Å². The van der Waals surface area contributed by atoms with E-state index in [-0.39, 0.29) is 76.1 Å². The molecule has 0 heterocycles. The summed E-state index contributed by atoms with van der Waals surface area (Å²) in [6.45, 7) is 0. The van der Waals surface area contributed by atoms with E-state index in [0.29, 0.717) is 0 Å².